The van der Waals surface area contributed by atoms with Crippen LogP contribution in [0.1, 0.15) is 42.6 Å². The van der Waals surface area contributed by atoms with Crippen LogP contribution in [0, 0.1) is 0 Å². The molecule has 0 spiro atoms. The molecule has 5 nitrogen and oxygen atoms in total. The van der Waals surface area contributed by atoms with Crippen LogP contribution in [0.2, 0.25) is 0 Å². The van der Waals surface area contributed by atoms with Crippen LogP contribution >= 0.6 is 0 Å². The van der Waals surface area contributed by atoms with Gasteiger partial charge in [-0.25, -0.2) is 9.97 Å². The van der Waals surface area contributed by atoms with Crippen molar-refractivity contribution in [2.24, 2.45) is 0 Å². The lowest BCUT2D eigenvalue weighted by Crippen LogP contribution is -2.32. The van der Waals surface area contributed by atoms with Crippen LogP contribution in [-0.2, 0) is 6.42 Å². The topological polar surface area (TPSA) is 58.1 Å². The maximum absolute atomic E-state index is 12.5. The molecule has 5 heteroatoms. The van der Waals surface area contributed by atoms with Crippen molar-refractivity contribution in [1.29, 1.82) is 0 Å². The van der Waals surface area contributed by atoms with E-state index < -0.39 is 0 Å². The summed E-state index contributed by atoms with van der Waals surface area (Å²) in [6.45, 7) is 6.45. The third-order valence-electron chi connectivity index (χ3n) is 3.71. The van der Waals surface area contributed by atoms with E-state index >= 15 is 0 Å². The molecule has 2 rings (SSSR count). The second-order valence-electron chi connectivity index (χ2n) is 5.75. The van der Waals surface area contributed by atoms with Gasteiger partial charge in [0, 0.05) is 32.0 Å². The molecule has 0 unspecified atom stereocenters. The Morgan fingerprint density at radius 2 is 1.67 bits per heavy atom. The Hall–Kier alpha value is -2.43. The number of rotatable bonds is 9. The van der Waals surface area contributed by atoms with Gasteiger partial charge in [-0.2, -0.15) is 0 Å². The van der Waals surface area contributed by atoms with Gasteiger partial charge in [-0.05, 0) is 24.8 Å². The van der Waals surface area contributed by atoms with Crippen molar-refractivity contribution in [2.45, 2.75) is 33.1 Å². The third kappa shape index (κ3) is 5.33. The van der Waals surface area contributed by atoms with E-state index in [9.17, 15) is 4.79 Å². The summed E-state index contributed by atoms with van der Waals surface area (Å²) < 4.78 is 0. The Morgan fingerprint density at radius 1 is 1.04 bits per heavy atom. The first kappa shape index (κ1) is 17.9. The lowest BCUT2D eigenvalue weighted by Gasteiger charge is -2.21. The minimum Gasteiger partial charge on any atom is -0.354 e. The summed E-state index contributed by atoms with van der Waals surface area (Å²) in [6, 6.07) is 10.3. The Kier molecular flexibility index (Phi) is 7.21. The molecule has 0 fully saturated rings. The Labute approximate surface area is 144 Å². The maximum Gasteiger partial charge on any atom is 0.256 e. The number of nitrogens with one attached hydrogen (secondary N) is 1. The summed E-state index contributed by atoms with van der Waals surface area (Å²) in [4.78, 5) is 22.9. The lowest BCUT2D eigenvalue weighted by atomic mass is 10.1. The highest BCUT2D eigenvalue weighted by molar-refractivity contribution is 5.93. The highest BCUT2D eigenvalue weighted by Gasteiger charge is 2.15. The number of carbonyl (C=O) groups excluding carboxylic acids is 1. The smallest absolute Gasteiger partial charge is 0.256 e. The predicted molar refractivity (Wildman–Crippen MR) is 97.2 cm³/mol. The number of aromatic nitrogens is 2. The Bertz CT molecular complexity index is 607. The van der Waals surface area contributed by atoms with Gasteiger partial charge in [0.2, 0.25) is 5.95 Å². The number of anilines is 1. The molecule has 1 amide bonds. The summed E-state index contributed by atoms with van der Waals surface area (Å²) in [5.41, 5.74) is 1.82. The molecule has 0 radical (unpaired) electrons. The molecular formula is C19H26N4O. The molecule has 1 N–H and O–H groups in total. The van der Waals surface area contributed by atoms with Gasteiger partial charge < -0.3 is 10.2 Å². The van der Waals surface area contributed by atoms with E-state index in [1.54, 1.807) is 12.4 Å². The second kappa shape index (κ2) is 9.65. The van der Waals surface area contributed by atoms with Crippen molar-refractivity contribution in [3.05, 3.63) is 53.9 Å². The normalized spacial score (nSPS) is 10.4. The fourth-order valence-corrected chi connectivity index (χ4v) is 2.53. The third-order valence-corrected chi connectivity index (χ3v) is 3.71. The molecule has 0 saturated heterocycles. The second-order valence-corrected chi connectivity index (χ2v) is 5.75. The lowest BCUT2D eigenvalue weighted by molar-refractivity contribution is 0.0754. The average Bonchev–Trinajstić information content (AvgIpc) is 2.62. The van der Waals surface area contributed by atoms with E-state index in [1.165, 1.54) is 5.56 Å². The summed E-state index contributed by atoms with van der Waals surface area (Å²) >= 11 is 0. The van der Waals surface area contributed by atoms with Crippen molar-refractivity contribution in [2.75, 3.05) is 25.0 Å². The molecule has 0 aliphatic carbocycles. The van der Waals surface area contributed by atoms with Crippen LogP contribution in [0.15, 0.2) is 42.7 Å². The standard InChI is InChI=1S/C19H26N4O/c1-3-12-23(13-4-2)18(24)17-14-21-19(22-15-17)20-11-10-16-8-6-5-7-9-16/h5-9,14-15H,3-4,10-13H2,1-2H3,(H,20,21,22). The molecule has 1 heterocycles. The van der Waals surface area contributed by atoms with Crippen molar-refractivity contribution in [3.63, 3.8) is 0 Å². The quantitative estimate of drug-likeness (QED) is 0.767. The first-order chi connectivity index (χ1) is 11.7. The molecule has 0 aliphatic rings. The maximum atomic E-state index is 12.5. The van der Waals surface area contributed by atoms with Crippen molar-refractivity contribution >= 4 is 11.9 Å². The van der Waals surface area contributed by atoms with Gasteiger partial charge in [-0.3, -0.25) is 4.79 Å². The number of hydrogen-bond donors (Lipinski definition) is 1. The number of hydrogen-bond acceptors (Lipinski definition) is 4. The van der Waals surface area contributed by atoms with Gasteiger partial charge in [0.05, 0.1) is 5.56 Å². The summed E-state index contributed by atoms with van der Waals surface area (Å²) in [6.07, 6.45) is 6.03. The van der Waals surface area contributed by atoms with Crippen LogP contribution in [0.5, 0.6) is 0 Å². The fourth-order valence-electron chi connectivity index (χ4n) is 2.53. The zero-order valence-corrected chi connectivity index (χ0v) is 14.5. The van der Waals surface area contributed by atoms with E-state index in [-0.39, 0.29) is 5.91 Å². The molecule has 24 heavy (non-hydrogen) atoms. The Balaban J connectivity index is 1.88. The van der Waals surface area contributed by atoms with Crippen LogP contribution in [0.25, 0.3) is 0 Å². The van der Waals surface area contributed by atoms with Gasteiger partial charge in [0.25, 0.3) is 5.91 Å². The summed E-state index contributed by atoms with van der Waals surface area (Å²) in [5.74, 6) is 0.564. The number of carbonyl (C=O) groups is 1. The highest BCUT2D eigenvalue weighted by atomic mass is 16.2. The molecule has 0 aliphatic heterocycles. The fraction of sp³-hybridized carbons (Fsp3) is 0.421. The molecule has 0 bridgehead atoms. The number of benzene rings is 1. The van der Waals surface area contributed by atoms with Crippen molar-refractivity contribution < 1.29 is 4.79 Å². The first-order valence-corrected chi connectivity index (χ1v) is 8.63. The van der Waals surface area contributed by atoms with Gasteiger partial charge in [0.15, 0.2) is 0 Å². The van der Waals surface area contributed by atoms with Crippen molar-refractivity contribution in [3.8, 4) is 0 Å². The molecule has 1 aromatic heterocycles. The van der Waals surface area contributed by atoms with Crippen LogP contribution in [0.4, 0.5) is 5.95 Å². The summed E-state index contributed by atoms with van der Waals surface area (Å²) in [5, 5.41) is 3.19. The van der Waals surface area contributed by atoms with Crippen LogP contribution in [0.3, 0.4) is 0 Å². The first-order valence-electron chi connectivity index (χ1n) is 8.63. The van der Waals surface area contributed by atoms with Gasteiger partial charge >= 0.3 is 0 Å². The van der Waals surface area contributed by atoms with Gasteiger partial charge in [-0.15, -0.1) is 0 Å². The largest absolute Gasteiger partial charge is 0.354 e. The van der Waals surface area contributed by atoms with Crippen LogP contribution < -0.4 is 5.32 Å². The van der Waals surface area contributed by atoms with Gasteiger partial charge in [0.1, 0.15) is 0 Å². The van der Waals surface area contributed by atoms with Gasteiger partial charge in [-0.1, -0.05) is 44.2 Å². The molecule has 2 aromatic rings. The molecule has 0 saturated carbocycles. The molecule has 1 aromatic carbocycles. The minimum absolute atomic E-state index is 0.00883. The molecule has 0 atom stereocenters. The van der Waals surface area contributed by atoms with Crippen LogP contribution in [-0.4, -0.2) is 40.4 Å². The molecule has 128 valence electrons. The van der Waals surface area contributed by atoms with E-state index in [0.29, 0.717) is 11.5 Å². The SMILES string of the molecule is CCCN(CCC)C(=O)c1cnc(NCCc2ccccc2)nc1. The zero-order valence-electron chi connectivity index (χ0n) is 14.5. The average molecular weight is 326 g/mol. The van der Waals surface area contributed by atoms with Crippen molar-refractivity contribution in [1.82, 2.24) is 14.9 Å². The van der Waals surface area contributed by atoms with E-state index in [4.69, 9.17) is 0 Å². The number of nitrogens with zero attached hydrogens (tertiary/aromatic N) is 3. The van der Waals surface area contributed by atoms with E-state index in [0.717, 1.165) is 38.9 Å². The predicted octanol–water partition coefficient (Wildman–Crippen LogP) is 3.39. The Morgan fingerprint density at radius 3 is 2.25 bits per heavy atom. The van der Waals surface area contributed by atoms with E-state index in [1.807, 2.05) is 23.1 Å². The number of amides is 1. The monoisotopic (exact) mass is 326 g/mol. The summed E-state index contributed by atoms with van der Waals surface area (Å²) in [7, 11) is 0. The zero-order chi connectivity index (χ0) is 17.2. The minimum atomic E-state index is 0.00883. The highest BCUT2D eigenvalue weighted by Crippen LogP contribution is 2.07. The van der Waals surface area contributed by atoms with E-state index in [2.05, 4.69) is 41.3 Å². The molecular weight excluding hydrogens is 300 g/mol.